The van der Waals surface area contributed by atoms with E-state index in [4.69, 9.17) is 5.73 Å². The summed E-state index contributed by atoms with van der Waals surface area (Å²) in [4.78, 5) is 4.34. The average molecular weight is 255 g/mol. The normalized spacial score (nSPS) is 13.8. The molecule has 3 nitrogen and oxygen atoms in total. The molecule has 108 valence electrons. The molecule has 18 heavy (non-hydrogen) atoms. The molecule has 3 heteroatoms. The van der Waals surface area contributed by atoms with E-state index in [2.05, 4.69) is 51.9 Å². The van der Waals surface area contributed by atoms with Crippen molar-refractivity contribution in [3.05, 3.63) is 0 Å². The molecule has 0 aliphatic carbocycles. The lowest BCUT2D eigenvalue weighted by Crippen LogP contribution is -2.45. The van der Waals surface area contributed by atoms with Crippen molar-refractivity contribution in [3.8, 4) is 0 Å². The summed E-state index contributed by atoms with van der Waals surface area (Å²) >= 11 is 0. The maximum atomic E-state index is 5.80. The van der Waals surface area contributed by atoms with E-state index >= 15 is 0 Å². The molecule has 0 bridgehead atoms. The lowest BCUT2D eigenvalue weighted by molar-refractivity contribution is 0.357. The number of nitrogens with two attached hydrogens (primary N) is 1. The molecule has 0 rings (SSSR count). The van der Waals surface area contributed by atoms with Gasteiger partial charge in [-0.2, -0.15) is 0 Å². The van der Waals surface area contributed by atoms with Crippen LogP contribution in [0.4, 0.5) is 0 Å². The lowest BCUT2D eigenvalue weighted by atomic mass is 9.89. The molecule has 0 aliphatic heterocycles. The van der Waals surface area contributed by atoms with Crippen LogP contribution in [0.2, 0.25) is 0 Å². The van der Waals surface area contributed by atoms with Gasteiger partial charge in [0.2, 0.25) is 0 Å². The van der Waals surface area contributed by atoms with E-state index in [0.29, 0.717) is 11.4 Å². The van der Waals surface area contributed by atoms with Gasteiger partial charge in [0, 0.05) is 12.1 Å². The Morgan fingerprint density at radius 2 is 1.50 bits per heavy atom. The van der Waals surface area contributed by atoms with Crippen LogP contribution in [0.15, 0.2) is 4.99 Å². The van der Waals surface area contributed by atoms with Crippen molar-refractivity contribution in [2.24, 2.45) is 16.1 Å². The zero-order valence-corrected chi connectivity index (χ0v) is 13.3. The van der Waals surface area contributed by atoms with Gasteiger partial charge in [-0.15, -0.1) is 0 Å². The van der Waals surface area contributed by atoms with Crippen LogP contribution in [0.1, 0.15) is 73.6 Å². The zero-order chi connectivity index (χ0) is 14.2. The van der Waals surface area contributed by atoms with Crippen LogP contribution >= 0.6 is 0 Å². The summed E-state index contributed by atoms with van der Waals surface area (Å²) in [5.41, 5.74) is 6.27. The van der Waals surface area contributed by atoms with Gasteiger partial charge in [0.1, 0.15) is 0 Å². The van der Waals surface area contributed by atoms with E-state index < -0.39 is 0 Å². The van der Waals surface area contributed by atoms with Crippen LogP contribution < -0.4 is 11.1 Å². The summed E-state index contributed by atoms with van der Waals surface area (Å²) in [6, 6.07) is 0. The molecule has 0 atom stereocenters. The van der Waals surface area contributed by atoms with E-state index in [1.807, 2.05) is 0 Å². The summed E-state index contributed by atoms with van der Waals surface area (Å²) in [5, 5.41) is 3.17. The maximum Gasteiger partial charge on any atom is 0.188 e. The van der Waals surface area contributed by atoms with Crippen molar-refractivity contribution in [3.63, 3.8) is 0 Å². The molecule has 0 aromatic carbocycles. The summed E-state index contributed by atoms with van der Waals surface area (Å²) in [6.07, 6.45) is 6.32. The second-order valence-electron chi connectivity index (χ2n) is 7.37. The van der Waals surface area contributed by atoms with Gasteiger partial charge in [-0.1, -0.05) is 40.0 Å². The Bertz CT molecular complexity index is 243. The number of nitrogens with one attached hydrogen (secondary N) is 1. The van der Waals surface area contributed by atoms with Crippen molar-refractivity contribution in [2.75, 3.05) is 6.54 Å². The van der Waals surface area contributed by atoms with Gasteiger partial charge in [-0.3, -0.25) is 4.99 Å². The van der Waals surface area contributed by atoms with Crippen LogP contribution in [0.3, 0.4) is 0 Å². The topological polar surface area (TPSA) is 50.4 Å². The number of hydrogen-bond acceptors (Lipinski definition) is 1. The lowest BCUT2D eigenvalue weighted by Gasteiger charge is -2.21. The predicted molar refractivity (Wildman–Crippen MR) is 81.9 cm³/mol. The minimum absolute atomic E-state index is 0.000290. The summed E-state index contributed by atoms with van der Waals surface area (Å²) in [6.45, 7) is 14.0. The van der Waals surface area contributed by atoms with Gasteiger partial charge in [0.05, 0.1) is 0 Å². The van der Waals surface area contributed by atoms with E-state index in [9.17, 15) is 0 Å². The fourth-order valence-corrected chi connectivity index (χ4v) is 1.74. The Morgan fingerprint density at radius 3 is 2.00 bits per heavy atom. The van der Waals surface area contributed by atoms with Crippen LogP contribution in [-0.4, -0.2) is 18.0 Å². The molecule has 0 fully saturated rings. The maximum absolute atomic E-state index is 5.80. The first-order valence-electron chi connectivity index (χ1n) is 7.18. The van der Waals surface area contributed by atoms with Crippen LogP contribution in [0.25, 0.3) is 0 Å². The van der Waals surface area contributed by atoms with Crippen molar-refractivity contribution in [2.45, 2.75) is 79.2 Å². The zero-order valence-electron chi connectivity index (χ0n) is 13.3. The molecule has 0 aliphatic rings. The highest BCUT2D eigenvalue weighted by Gasteiger charge is 2.09. The smallest absolute Gasteiger partial charge is 0.188 e. The molecule has 0 radical (unpaired) electrons. The second kappa shape index (κ2) is 7.65. The highest BCUT2D eigenvalue weighted by atomic mass is 15.1. The van der Waals surface area contributed by atoms with E-state index in [-0.39, 0.29) is 5.54 Å². The number of rotatable bonds is 6. The highest BCUT2D eigenvalue weighted by molar-refractivity contribution is 5.78. The van der Waals surface area contributed by atoms with Gasteiger partial charge < -0.3 is 11.1 Å². The fraction of sp³-hybridized carbons (Fsp3) is 0.933. The molecular formula is C15H33N3. The van der Waals surface area contributed by atoms with Crippen molar-refractivity contribution >= 4 is 5.96 Å². The Morgan fingerprint density at radius 1 is 0.944 bits per heavy atom. The standard InChI is InChI=1S/C15H33N3/c1-14(2,3)11-9-7-8-10-12-17-13(16)18-15(4,5)6/h7-12H2,1-6H3,(H3,16,17,18). The van der Waals surface area contributed by atoms with Crippen LogP contribution in [0, 0.1) is 5.41 Å². The van der Waals surface area contributed by atoms with Gasteiger partial charge in [-0.05, 0) is 39.0 Å². The Balaban J connectivity index is 3.53. The number of guanidine groups is 1. The minimum atomic E-state index is 0.000290. The van der Waals surface area contributed by atoms with Gasteiger partial charge >= 0.3 is 0 Å². The SMILES string of the molecule is CC(C)(C)CCCCCCN=C(N)NC(C)(C)C. The Kier molecular flexibility index (Phi) is 7.34. The number of nitrogens with zero attached hydrogens (tertiary/aromatic N) is 1. The number of hydrogen-bond donors (Lipinski definition) is 2. The van der Waals surface area contributed by atoms with E-state index in [0.717, 1.165) is 13.0 Å². The van der Waals surface area contributed by atoms with E-state index in [1.165, 1.54) is 25.7 Å². The van der Waals surface area contributed by atoms with Crippen molar-refractivity contribution < 1.29 is 0 Å². The minimum Gasteiger partial charge on any atom is -0.370 e. The molecule has 0 saturated heterocycles. The monoisotopic (exact) mass is 255 g/mol. The summed E-state index contributed by atoms with van der Waals surface area (Å²) < 4.78 is 0. The third-order valence-corrected chi connectivity index (χ3v) is 2.62. The van der Waals surface area contributed by atoms with Crippen molar-refractivity contribution in [1.29, 1.82) is 0 Å². The molecule has 0 unspecified atom stereocenters. The third kappa shape index (κ3) is 13.3. The molecule has 0 aromatic rings. The highest BCUT2D eigenvalue weighted by Crippen LogP contribution is 2.22. The van der Waals surface area contributed by atoms with Crippen LogP contribution in [0.5, 0.6) is 0 Å². The number of aliphatic imine (C=N–C) groups is 1. The molecule has 0 amide bonds. The van der Waals surface area contributed by atoms with Crippen LogP contribution in [-0.2, 0) is 0 Å². The summed E-state index contributed by atoms with van der Waals surface area (Å²) in [7, 11) is 0. The molecule has 0 saturated carbocycles. The van der Waals surface area contributed by atoms with Gasteiger partial charge in [0.15, 0.2) is 5.96 Å². The van der Waals surface area contributed by atoms with Gasteiger partial charge in [0.25, 0.3) is 0 Å². The predicted octanol–water partition coefficient (Wildman–Crippen LogP) is 3.69. The fourth-order valence-electron chi connectivity index (χ4n) is 1.74. The molecular weight excluding hydrogens is 222 g/mol. The Hall–Kier alpha value is -0.730. The third-order valence-electron chi connectivity index (χ3n) is 2.62. The molecule has 0 aromatic heterocycles. The Labute approximate surface area is 114 Å². The molecule has 3 N–H and O–H groups in total. The number of unbranched alkanes of at least 4 members (excludes halogenated alkanes) is 3. The van der Waals surface area contributed by atoms with Crippen molar-refractivity contribution in [1.82, 2.24) is 5.32 Å². The molecule has 0 spiro atoms. The van der Waals surface area contributed by atoms with E-state index in [1.54, 1.807) is 0 Å². The first-order valence-corrected chi connectivity index (χ1v) is 7.18. The second-order valence-corrected chi connectivity index (χ2v) is 7.37. The average Bonchev–Trinajstić information content (AvgIpc) is 2.11. The first-order chi connectivity index (χ1) is 8.10. The summed E-state index contributed by atoms with van der Waals surface area (Å²) in [5.74, 6) is 0.567. The quantitative estimate of drug-likeness (QED) is 0.432. The largest absolute Gasteiger partial charge is 0.370 e. The molecule has 0 heterocycles. The van der Waals surface area contributed by atoms with Gasteiger partial charge in [-0.25, -0.2) is 0 Å². The first kappa shape index (κ1) is 17.3.